The van der Waals surface area contributed by atoms with E-state index >= 15 is 0 Å². The average molecular weight is 625 g/mol. The van der Waals surface area contributed by atoms with Crippen molar-refractivity contribution in [2.45, 2.75) is 85.1 Å². The van der Waals surface area contributed by atoms with Crippen LogP contribution < -0.4 is 15.1 Å². The topological polar surface area (TPSA) is 111 Å². The Morgan fingerprint density at radius 3 is 2.30 bits per heavy atom. The molecule has 10 nitrogen and oxygen atoms in total. The molecule has 0 bridgehead atoms. The number of carbonyl (C=O) groups is 2. The van der Waals surface area contributed by atoms with Gasteiger partial charge < -0.3 is 14.8 Å². The molecule has 0 saturated heterocycles. The van der Waals surface area contributed by atoms with Gasteiger partial charge in [0.1, 0.15) is 11.3 Å². The Bertz CT molecular complexity index is 1770. The van der Waals surface area contributed by atoms with E-state index in [1.807, 2.05) is 38.1 Å². The maximum Gasteiger partial charge on any atom is 0.282 e. The average Bonchev–Trinajstić information content (AvgIpc) is 3.59. The molecule has 1 N–H and O–H groups in total. The molecule has 2 heterocycles. The quantitative estimate of drug-likeness (QED) is 0.191. The maximum absolute atomic E-state index is 13.7. The molecule has 0 saturated carbocycles. The van der Waals surface area contributed by atoms with Crippen molar-refractivity contribution in [1.82, 2.24) is 15.0 Å². The monoisotopic (exact) mass is 624 g/mol. The van der Waals surface area contributed by atoms with E-state index in [0.717, 1.165) is 29.5 Å². The van der Waals surface area contributed by atoms with E-state index in [4.69, 9.17) is 9.47 Å². The summed E-state index contributed by atoms with van der Waals surface area (Å²) in [6.07, 6.45) is 1.95. The minimum absolute atomic E-state index is 0.0427. The van der Waals surface area contributed by atoms with Crippen molar-refractivity contribution in [1.29, 1.82) is 0 Å². The van der Waals surface area contributed by atoms with Crippen LogP contribution in [0.25, 0.3) is 11.0 Å². The summed E-state index contributed by atoms with van der Waals surface area (Å²) < 4.78 is 13.4. The Morgan fingerprint density at radius 2 is 1.63 bits per heavy atom. The number of hydrogen-bond acceptors (Lipinski definition) is 7. The first-order chi connectivity index (χ1) is 21.9. The molecular formula is C36H44N6O4. The summed E-state index contributed by atoms with van der Waals surface area (Å²) in [6.45, 7) is 17.2. The summed E-state index contributed by atoms with van der Waals surface area (Å²) in [5.74, 6) is 0.356. The minimum Gasteiger partial charge on any atom is -0.483 e. The Kier molecular flexibility index (Phi) is 9.19. The first kappa shape index (κ1) is 32.7. The number of hydrazone groups is 1. The zero-order chi connectivity index (χ0) is 33.2. The van der Waals surface area contributed by atoms with E-state index in [1.165, 1.54) is 10.6 Å². The molecule has 1 aliphatic rings. The number of hydrogen-bond donors (Lipinski definition) is 1. The first-order valence-electron chi connectivity index (χ1n) is 15.9. The third kappa shape index (κ3) is 6.47. The van der Waals surface area contributed by atoms with Gasteiger partial charge in [-0.1, -0.05) is 65.0 Å². The van der Waals surface area contributed by atoms with Crippen molar-refractivity contribution < 1.29 is 19.1 Å². The molecule has 242 valence electrons. The lowest BCUT2D eigenvalue weighted by molar-refractivity contribution is -0.120. The molecule has 2 amide bonds. The molecular weight excluding hydrogens is 580 g/mol. The van der Waals surface area contributed by atoms with Gasteiger partial charge in [0.15, 0.2) is 6.61 Å². The van der Waals surface area contributed by atoms with Crippen molar-refractivity contribution in [3.63, 3.8) is 0 Å². The van der Waals surface area contributed by atoms with Crippen molar-refractivity contribution in [2.75, 3.05) is 23.5 Å². The standard InChI is InChI=1S/C36H44N6O4/c1-9-35(5,6)24-13-19-30(27(21-24)36(7,8)10-2)46-22-31(43)37-25-14-16-26(17-15-25)41-34(44)32(33(39-41)45-11-3)42-29-20-23(4)12-18-28(29)38-40-42/h12-21,32H,9-11,22H2,1-8H3,(H,37,43). The second-order valence-electron chi connectivity index (χ2n) is 13.0. The molecule has 0 radical (unpaired) electrons. The number of benzene rings is 3. The molecule has 1 aliphatic heterocycles. The smallest absolute Gasteiger partial charge is 0.282 e. The van der Waals surface area contributed by atoms with E-state index < -0.39 is 6.04 Å². The number of fused-ring (bicyclic) bond motifs is 1. The summed E-state index contributed by atoms with van der Waals surface area (Å²) in [4.78, 5) is 26.6. The predicted octanol–water partition coefficient (Wildman–Crippen LogP) is 7.07. The second kappa shape index (κ2) is 12.9. The number of carbonyl (C=O) groups excluding carboxylic acids is 2. The molecule has 3 aromatic carbocycles. The number of ether oxygens (including phenoxy) is 2. The van der Waals surface area contributed by atoms with Crippen LogP contribution in [-0.4, -0.2) is 45.9 Å². The van der Waals surface area contributed by atoms with Gasteiger partial charge in [0.2, 0.25) is 11.9 Å². The van der Waals surface area contributed by atoms with Crippen molar-refractivity contribution in [3.8, 4) is 5.75 Å². The lowest BCUT2D eigenvalue weighted by Crippen LogP contribution is -2.31. The van der Waals surface area contributed by atoms with Crippen LogP contribution in [0.15, 0.2) is 65.8 Å². The Morgan fingerprint density at radius 1 is 0.913 bits per heavy atom. The normalized spacial score (nSPS) is 15.3. The van der Waals surface area contributed by atoms with Crippen LogP contribution >= 0.6 is 0 Å². The van der Waals surface area contributed by atoms with Gasteiger partial charge >= 0.3 is 0 Å². The van der Waals surface area contributed by atoms with Gasteiger partial charge in [-0.25, -0.2) is 4.68 Å². The number of amides is 2. The number of nitrogens with one attached hydrogen (secondary N) is 1. The molecule has 0 aliphatic carbocycles. The summed E-state index contributed by atoms with van der Waals surface area (Å²) in [7, 11) is 0. The number of aromatic nitrogens is 3. The Labute approximate surface area is 270 Å². The van der Waals surface area contributed by atoms with Gasteiger partial charge in [-0.15, -0.1) is 10.2 Å². The summed E-state index contributed by atoms with van der Waals surface area (Å²) in [6, 6.07) is 18.1. The fraction of sp³-hybridized carbons (Fsp3) is 0.417. The molecule has 0 fully saturated rings. The van der Waals surface area contributed by atoms with E-state index in [-0.39, 0.29) is 35.1 Å². The molecule has 0 spiro atoms. The minimum atomic E-state index is -0.882. The molecule has 10 heteroatoms. The highest BCUT2D eigenvalue weighted by Crippen LogP contribution is 2.38. The Balaban J connectivity index is 1.28. The van der Waals surface area contributed by atoms with Crippen LogP contribution in [0, 0.1) is 6.92 Å². The second-order valence-corrected chi connectivity index (χ2v) is 13.0. The van der Waals surface area contributed by atoms with Crippen molar-refractivity contribution >= 4 is 40.1 Å². The van der Waals surface area contributed by atoms with E-state index in [1.54, 1.807) is 28.9 Å². The van der Waals surface area contributed by atoms with Crippen molar-refractivity contribution in [3.05, 3.63) is 77.4 Å². The fourth-order valence-corrected chi connectivity index (χ4v) is 5.34. The van der Waals surface area contributed by atoms with Gasteiger partial charge in [-0.05, 0) is 91.1 Å². The van der Waals surface area contributed by atoms with Gasteiger partial charge in [0.05, 0.1) is 17.8 Å². The molecule has 4 aromatic rings. The highest BCUT2D eigenvalue weighted by Gasteiger charge is 2.41. The van der Waals surface area contributed by atoms with Crippen LogP contribution in [0.2, 0.25) is 0 Å². The van der Waals surface area contributed by atoms with Gasteiger partial charge in [0.25, 0.3) is 11.8 Å². The molecule has 5 rings (SSSR count). The van der Waals surface area contributed by atoms with Crippen LogP contribution in [0.3, 0.4) is 0 Å². The number of rotatable bonds is 11. The summed E-state index contributed by atoms with van der Waals surface area (Å²) in [5, 5.41) is 17.2. The summed E-state index contributed by atoms with van der Waals surface area (Å²) >= 11 is 0. The van der Waals surface area contributed by atoms with Crippen LogP contribution in [0.4, 0.5) is 11.4 Å². The SMILES string of the molecule is CCOC1=NN(c2ccc(NC(=O)COc3ccc(C(C)(C)CC)cc3C(C)(C)CC)cc2)C(=O)C1n1nnc2ccc(C)cc21. The third-order valence-electron chi connectivity index (χ3n) is 9.05. The predicted molar refractivity (Wildman–Crippen MR) is 181 cm³/mol. The lowest BCUT2D eigenvalue weighted by Gasteiger charge is -2.30. The van der Waals surface area contributed by atoms with Gasteiger partial charge in [-0.2, -0.15) is 5.01 Å². The lowest BCUT2D eigenvalue weighted by atomic mass is 9.76. The largest absolute Gasteiger partial charge is 0.483 e. The molecule has 1 unspecified atom stereocenters. The molecule has 1 aromatic heterocycles. The van der Waals surface area contributed by atoms with E-state index in [9.17, 15) is 9.59 Å². The van der Waals surface area contributed by atoms with Crippen LogP contribution in [-0.2, 0) is 25.2 Å². The maximum atomic E-state index is 13.7. The molecule has 46 heavy (non-hydrogen) atoms. The third-order valence-corrected chi connectivity index (χ3v) is 9.05. The zero-order valence-corrected chi connectivity index (χ0v) is 28.0. The number of anilines is 2. The summed E-state index contributed by atoms with van der Waals surface area (Å²) in [5.41, 5.74) is 5.81. The van der Waals surface area contributed by atoms with Crippen LogP contribution in [0.5, 0.6) is 5.75 Å². The van der Waals surface area contributed by atoms with E-state index in [0.29, 0.717) is 29.2 Å². The van der Waals surface area contributed by atoms with Crippen LogP contribution in [0.1, 0.15) is 84.0 Å². The van der Waals surface area contributed by atoms with E-state index in [2.05, 4.69) is 74.4 Å². The van der Waals surface area contributed by atoms with Gasteiger partial charge in [0, 0.05) is 11.3 Å². The van der Waals surface area contributed by atoms with Gasteiger partial charge in [-0.3, -0.25) is 9.59 Å². The first-order valence-corrected chi connectivity index (χ1v) is 15.9. The van der Waals surface area contributed by atoms with Crippen molar-refractivity contribution in [2.24, 2.45) is 5.10 Å². The number of nitrogens with zero attached hydrogens (tertiary/aromatic N) is 5. The fourth-order valence-electron chi connectivity index (χ4n) is 5.34. The molecule has 1 atom stereocenters. The highest BCUT2D eigenvalue weighted by molar-refractivity contribution is 6.15. The number of aryl methyl sites for hydroxylation is 1. The highest BCUT2D eigenvalue weighted by atomic mass is 16.5. The zero-order valence-electron chi connectivity index (χ0n) is 28.0. The Hall–Kier alpha value is -4.73.